The number of rotatable bonds is 20. The van der Waals surface area contributed by atoms with Gasteiger partial charge in [0.1, 0.15) is 29.5 Å². The third-order valence-electron chi connectivity index (χ3n) is 15.3. The van der Waals surface area contributed by atoms with Gasteiger partial charge in [0.2, 0.25) is 5.91 Å². The number of alkyl carbamates (subject to hydrolysis) is 1. The van der Waals surface area contributed by atoms with Crippen LogP contribution in [-0.4, -0.2) is 159 Å². The molecule has 6 unspecified atom stereocenters. The Morgan fingerprint density at radius 3 is 1.88 bits per heavy atom. The van der Waals surface area contributed by atoms with Crippen molar-refractivity contribution >= 4 is 40.9 Å². The molecule has 4 amide bonds. The summed E-state index contributed by atoms with van der Waals surface area (Å²) in [5.41, 5.74) is -3.43. The van der Waals surface area contributed by atoms with Gasteiger partial charge in [-0.1, -0.05) is 24.3 Å². The van der Waals surface area contributed by atoms with E-state index in [1.165, 1.54) is 17.4 Å². The Kier molecular flexibility index (Phi) is 17.7. The summed E-state index contributed by atoms with van der Waals surface area (Å²) < 4.78 is 156. The second-order valence-electron chi connectivity index (χ2n) is 21.5. The van der Waals surface area contributed by atoms with Gasteiger partial charge in [0, 0.05) is 61.1 Å². The van der Waals surface area contributed by atoms with Crippen molar-refractivity contribution in [3.8, 4) is 22.5 Å². The first kappa shape index (κ1) is 60.7. The molecule has 29 heteroatoms. The number of nitrogens with zero attached hydrogens (tertiary/aromatic N) is 7. The van der Waals surface area contributed by atoms with Crippen molar-refractivity contribution in [1.82, 2.24) is 51.0 Å². The summed E-state index contributed by atoms with van der Waals surface area (Å²) in [5, 5.41) is 31.3. The molecule has 3 aromatic heterocycles. The van der Waals surface area contributed by atoms with Gasteiger partial charge in [-0.05, 0) is 95.0 Å². The van der Waals surface area contributed by atoms with Gasteiger partial charge in [0.25, 0.3) is 5.91 Å². The van der Waals surface area contributed by atoms with E-state index in [0.717, 1.165) is 64.3 Å². The van der Waals surface area contributed by atoms with Crippen LogP contribution in [0.1, 0.15) is 58.2 Å². The van der Waals surface area contributed by atoms with Gasteiger partial charge in [0.15, 0.2) is 0 Å². The van der Waals surface area contributed by atoms with Crippen molar-refractivity contribution in [2.75, 3.05) is 44.9 Å². The summed E-state index contributed by atoms with van der Waals surface area (Å²) in [6.45, 7) is -0.220. The van der Waals surface area contributed by atoms with Crippen molar-refractivity contribution < 1.29 is 82.8 Å². The van der Waals surface area contributed by atoms with E-state index in [2.05, 4.69) is 25.0 Å². The van der Waals surface area contributed by atoms with Crippen molar-refractivity contribution in [1.29, 1.82) is 0 Å². The molecule has 6 N–H and O–H groups in total. The maximum absolute atomic E-state index is 16.0. The Bertz CT molecular complexity index is 3110. The fourth-order valence-corrected chi connectivity index (χ4v) is 10.3. The number of alkyl halides is 8. The molecular weight excluding hydrogens is 1110 g/mol. The van der Waals surface area contributed by atoms with Crippen molar-refractivity contribution in [3.63, 3.8) is 0 Å². The number of carboxylic acid groups (broad SMARTS) is 1. The summed E-state index contributed by atoms with van der Waals surface area (Å²) in [5.74, 6) is -5.41. The Labute approximate surface area is 462 Å². The summed E-state index contributed by atoms with van der Waals surface area (Å²) in [6, 6.07) is 10.1. The third kappa shape index (κ3) is 13.1. The molecule has 3 saturated heterocycles. The number of piperazine rings is 1. The molecule has 3 aliphatic heterocycles. The van der Waals surface area contributed by atoms with Crippen LogP contribution in [0.15, 0.2) is 72.9 Å². The summed E-state index contributed by atoms with van der Waals surface area (Å²) >= 11 is 0. The molecule has 8 rings (SSSR count). The number of halogens is 10. The van der Waals surface area contributed by atoms with Crippen LogP contribution >= 0.6 is 0 Å². The monoisotopic (exact) mass is 1170 g/mol. The number of benzene rings is 2. The summed E-state index contributed by atoms with van der Waals surface area (Å²) in [4.78, 5) is 66.9. The lowest BCUT2D eigenvalue weighted by Crippen LogP contribution is -2.63. The lowest BCUT2D eigenvalue weighted by atomic mass is 9.82. The molecule has 444 valence electrons. The van der Waals surface area contributed by atoms with E-state index >= 15 is 8.78 Å². The third-order valence-corrected chi connectivity index (χ3v) is 15.3. The number of pyridine rings is 2. The van der Waals surface area contributed by atoms with Gasteiger partial charge >= 0.3 is 31.1 Å². The summed E-state index contributed by atoms with van der Waals surface area (Å²) in [7, 11) is 0.815. The minimum Gasteiger partial charge on any atom is -0.465 e. The van der Waals surface area contributed by atoms with E-state index < -0.39 is 115 Å². The molecule has 19 nitrogen and oxygen atoms in total. The average molecular weight is 1170 g/mol. The normalized spacial score (nSPS) is 18.7. The van der Waals surface area contributed by atoms with E-state index in [-0.39, 0.29) is 21.5 Å². The predicted octanol–water partition coefficient (Wildman–Crippen LogP) is 7.34. The number of hydrazine groups is 1. The Morgan fingerprint density at radius 2 is 1.34 bits per heavy atom. The molecule has 2 aromatic carbocycles. The zero-order chi connectivity index (χ0) is 59.8. The SMILES string of the molecule is COC(=O)NC(C(=O)NC(Cc1ccc(-c2ccc3nc(N4CC5CCC(C4)N5C4COC4)ccc3n2)cc1)C(O)CN(Cc1c(F)cc(-c2ccn(C(F)F)n2)cc1F)NC(=O)C(NC(=O)O)C(C)(C)C(F)(F)F)C(C)(C)C(F)(F)F. The Hall–Kier alpha value is -7.37. The van der Waals surface area contributed by atoms with Crippen LogP contribution < -0.4 is 26.3 Å². The molecule has 3 fully saturated rings. The van der Waals surface area contributed by atoms with Crippen molar-refractivity contribution in [3.05, 3.63) is 95.7 Å². The van der Waals surface area contributed by atoms with Gasteiger partial charge in [-0.3, -0.25) is 19.9 Å². The highest BCUT2D eigenvalue weighted by Crippen LogP contribution is 2.42. The zero-order valence-corrected chi connectivity index (χ0v) is 44.7. The lowest BCUT2D eigenvalue weighted by Gasteiger charge is -2.48. The molecule has 3 aliphatic rings. The minimum atomic E-state index is -5.29. The molecule has 2 bridgehead atoms. The second-order valence-corrected chi connectivity index (χ2v) is 21.5. The fourth-order valence-electron chi connectivity index (χ4n) is 10.3. The maximum atomic E-state index is 16.0. The first-order valence-electron chi connectivity index (χ1n) is 25.8. The first-order valence-corrected chi connectivity index (χ1v) is 25.8. The Morgan fingerprint density at radius 1 is 0.756 bits per heavy atom. The molecule has 6 atom stereocenters. The number of hydrogen-bond donors (Lipinski definition) is 6. The average Bonchev–Trinajstić information content (AvgIpc) is 3.31. The topological polar surface area (TPSA) is 229 Å². The number of fused-ring (bicyclic) bond motifs is 3. The molecular formula is C53H59F10N11O8. The van der Waals surface area contributed by atoms with Gasteiger partial charge in [-0.25, -0.2) is 38.0 Å². The van der Waals surface area contributed by atoms with E-state index in [1.807, 2.05) is 22.9 Å². The molecule has 5 aromatic rings. The smallest absolute Gasteiger partial charge is 0.407 e. The number of carbonyl (C=O) groups is 4. The van der Waals surface area contributed by atoms with Gasteiger partial charge in [-0.15, -0.1) is 0 Å². The molecule has 0 spiro atoms. The number of carbonyl (C=O) groups excluding carboxylic acids is 3. The van der Waals surface area contributed by atoms with E-state index in [1.54, 1.807) is 24.3 Å². The Balaban J connectivity index is 1.10. The molecule has 6 heterocycles. The minimum absolute atomic E-state index is 0.190. The van der Waals surface area contributed by atoms with Gasteiger partial charge < -0.3 is 40.5 Å². The van der Waals surface area contributed by atoms with Crippen LogP contribution in [0.4, 0.5) is 59.3 Å². The largest absolute Gasteiger partial charge is 0.465 e. The number of methoxy groups -OCH3 is 1. The van der Waals surface area contributed by atoms with Crippen molar-refractivity contribution in [2.24, 2.45) is 10.8 Å². The van der Waals surface area contributed by atoms with Gasteiger partial charge in [0.05, 0.1) is 71.8 Å². The summed E-state index contributed by atoms with van der Waals surface area (Å²) in [6.07, 6.45) is -13.7. The number of ether oxygens (including phenoxy) is 2. The number of aromatic nitrogens is 4. The van der Waals surface area contributed by atoms with Crippen molar-refractivity contribution in [2.45, 2.75) is 115 Å². The van der Waals surface area contributed by atoms with Crippen LogP contribution in [-0.2, 0) is 32.0 Å². The maximum Gasteiger partial charge on any atom is 0.407 e. The highest BCUT2D eigenvalue weighted by atomic mass is 19.4. The van der Waals surface area contributed by atoms with E-state index in [4.69, 9.17) is 14.7 Å². The molecule has 82 heavy (non-hydrogen) atoms. The number of amides is 4. The standard InChI is InChI=1S/C53H59F10N11O8/c1-50(2,52(58,59)60)43(68-49(80)81-5)45(76)66-40(18-27-6-8-28(9-7-27)36-12-13-39-38(64-36)14-15-42(65-39)71-21-30-10-11-31(22-71)74(30)32-25-82-26-32)41(75)24-72(70-46(77)44(67-48(78)79)51(3,4)53(61,62)63)23-33-34(54)19-29(20-35(33)55)37-16-17-73(69-37)47(56)57/h6-9,12-17,19-20,30-32,40-41,43-44,47,67,75H,10-11,18,21-26H2,1-5H3,(H,66,76)(H,68,80)(H,70,77)(H,78,79). The highest BCUT2D eigenvalue weighted by molar-refractivity contribution is 5.87. The quantitative estimate of drug-likeness (QED) is 0.0331. The number of anilines is 1. The molecule has 0 radical (unpaired) electrons. The van der Waals surface area contributed by atoms with Crippen LogP contribution in [0, 0.1) is 22.5 Å². The van der Waals surface area contributed by atoms with E-state index in [0.29, 0.717) is 85.3 Å². The molecule has 0 saturated carbocycles. The predicted molar refractivity (Wildman–Crippen MR) is 273 cm³/mol. The van der Waals surface area contributed by atoms with Gasteiger partial charge in [-0.2, -0.15) is 40.2 Å². The number of aliphatic hydroxyl groups excluding tert-OH is 1. The first-order chi connectivity index (χ1) is 38.4. The zero-order valence-electron chi connectivity index (χ0n) is 44.7. The van der Waals surface area contributed by atoms with E-state index in [9.17, 15) is 64.5 Å². The molecule has 0 aliphatic carbocycles. The van der Waals surface area contributed by atoms with Crippen LogP contribution in [0.25, 0.3) is 33.5 Å². The highest BCUT2D eigenvalue weighted by Gasteiger charge is 2.57. The van der Waals surface area contributed by atoms with Crippen LogP contribution in [0.2, 0.25) is 0 Å². The lowest BCUT2D eigenvalue weighted by molar-refractivity contribution is -0.221. The number of nitrogens with one attached hydrogen (secondary N) is 4. The number of hydrogen-bond acceptors (Lipinski definition) is 13. The van der Waals surface area contributed by atoms with Crippen LogP contribution in [0.3, 0.4) is 0 Å². The second kappa shape index (κ2) is 23.8. The fraction of sp³-hybridized carbons (Fsp3) is 0.491. The number of aliphatic hydroxyl groups is 1. The van der Waals surface area contributed by atoms with Crippen LogP contribution in [0.5, 0.6) is 0 Å².